The summed E-state index contributed by atoms with van der Waals surface area (Å²) in [5.41, 5.74) is 3.19. The molecule has 0 unspecified atom stereocenters. The number of hydrogen-bond donors (Lipinski definition) is 2. The number of H-pyrrole nitrogens is 1. The van der Waals surface area contributed by atoms with Gasteiger partial charge in [0.15, 0.2) is 0 Å². The summed E-state index contributed by atoms with van der Waals surface area (Å²) in [6.45, 7) is 0.415. The minimum atomic E-state index is -0.465. The van der Waals surface area contributed by atoms with Crippen LogP contribution in [-0.2, 0) is 22.6 Å². The van der Waals surface area contributed by atoms with Crippen LogP contribution in [0, 0.1) is 0 Å². The van der Waals surface area contributed by atoms with E-state index in [2.05, 4.69) is 4.98 Å². The van der Waals surface area contributed by atoms with Gasteiger partial charge in [0.25, 0.3) is 5.91 Å². The Bertz CT molecular complexity index is 736. The number of hydrogen-bond acceptors (Lipinski definition) is 3. The smallest absolute Gasteiger partial charge is 0.260 e. The number of rotatable bonds is 0. The maximum atomic E-state index is 12.2. The number of nitrogens with two attached hydrogens (primary N) is 1. The van der Waals surface area contributed by atoms with Crippen LogP contribution < -0.4 is 5.84 Å². The average Bonchev–Trinajstić information content (AvgIpc) is 2.81. The maximum absolute atomic E-state index is 12.2. The standard InChI is InChI=1S/C14H14N4O2/c15-18-7-13(19)17-6-11-9(5-12(17)14(18)20)8-3-1-2-4-10(8)16-11/h1-4,12,16H,5-7,15H2/t12-/m0/s1. The lowest BCUT2D eigenvalue weighted by atomic mass is 9.94. The van der Waals surface area contributed by atoms with E-state index in [0.717, 1.165) is 27.2 Å². The number of hydrazine groups is 1. The highest BCUT2D eigenvalue weighted by Crippen LogP contribution is 2.31. The van der Waals surface area contributed by atoms with Crippen molar-refractivity contribution in [2.45, 2.75) is 19.0 Å². The molecule has 0 saturated carbocycles. The summed E-state index contributed by atoms with van der Waals surface area (Å²) in [7, 11) is 0. The van der Waals surface area contributed by atoms with Gasteiger partial charge < -0.3 is 9.88 Å². The van der Waals surface area contributed by atoms with E-state index < -0.39 is 6.04 Å². The Hall–Kier alpha value is -2.34. The zero-order valence-electron chi connectivity index (χ0n) is 10.8. The Morgan fingerprint density at radius 3 is 2.85 bits per heavy atom. The largest absolute Gasteiger partial charge is 0.357 e. The van der Waals surface area contributed by atoms with Crippen molar-refractivity contribution in [2.75, 3.05) is 6.54 Å². The van der Waals surface area contributed by atoms with E-state index in [0.29, 0.717) is 13.0 Å². The average molecular weight is 270 g/mol. The van der Waals surface area contributed by atoms with Crippen LogP contribution in [0.25, 0.3) is 10.9 Å². The molecule has 4 rings (SSSR count). The highest BCUT2D eigenvalue weighted by atomic mass is 16.2. The molecule has 1 saturated heterocycles. The van der Waals surface area contributed by atoms with E-state index in [1.165, 1.54) is 0 Å². The van der Waals surface area contributed by atoms with E-state index in [1.807, 2.05) is 24.3 Å². The molecule has 6 nitrogen and oxygen atoms in total. The number of aromatic amines is 1. The van der Waals surface area contributed by atoms with Crippen molar-refractivity contribution in [2.24, 2.45) is 5.84 Å². The normalized spacial score (nSPS) is 22.1. The van der Waals surface area contributed by atoms with E-state index in [1.54, 1.807) is 4.90 Å². The number of nitrogens with one attached hydrogen (secondary N) is 1. The van der Waals surface area contributed by atoms with Gasteiger partial charge in [-0.05, 0) is 11.6 Å². The highest BCUT2D eigenvalue weighted by Gasteiger charge is 2.42. The first-order chi connectivity index (χ1) is 9.65. The molecular formula is C14H14N4O2. The topological polar surface area (TPSA) is 82.4 Å². The van der Waals surface area contributed by atoms with Gasteiger partial charge in [0.05, 0.1) is 6.54 Å². The van der Waals surface area contributed by atoms with Gasteiger partial charge in [-0.25, -0.2) is 5.84 Å². The van der Waals surface area contributed by atoms with Crippen molar-refractivity contribution >= 4 is 22.7 Å². The quantitative estimate of drug-likeness (QED) is 0.527. The number of amides is 2. The predicted molar refractivity (Wildman–Crippen MR) is 72.2 cm³/mol. The third-order valence-electron chi connectivity index (χ3n) is 4.20. The Kier molecular flexibility index (Phi) is 2.20. The molecule has 0 bridgehead atoms. The lowest BCUT2D eigenvalue weighted by Gasteiger charge is -2.40. The van der Waals surface area contributed by atoms with Crippen molar-refractivity contribution < 1.29 is 9.59 Å². The molecule has 3 N–H and O–H groups in total. The number of para-hydroxylation sites is 1. The second kappa shape index (κ2) is 3.83. The Morgan fingerprint density at radius 1 is 1.20 bits per heavy atom. The Morgan fingerprint density at radius 2 is 2.00 bits per heavy atom. The Balaban J connectivity index is 1.84. The molecule has 2 aliphatic heterocycles. The Labute approximate surface area is 115 Å². The van der Waals surface area contributed by atoms with Gasteiger partial charge in [-0.2, -0.15) is 0 Å². The first kappa shape index (κ1) is 11.5. The number of piperazine rings is 1. The lowest BCUT2D eigenvalue weighted by molar-refractivity contribution is -0.157. The molecule has 1 aromatic carbocycles. The highest BCUT2D eigenvalue weighted by molar-refractivity contribution is 5.96. The molecule has 3 heterocycles. The molecule has 1 atom stereocenters. The van der Waals surface area contributed by atoms with E-state index >= 15 is 0 Å². The molecule has 2 aliphatic rings. The monoisotopic (exact) mass is 270 g/mol. The zero-order chi connectivity index (χ0) is 13.9. The van der Waals surface area contributed by atoms with Crippen LogP contribution in [0.2, 0.25) is 0 Å². The van der Waals surface area contributed by atoms with Gasteiger partial charge in [0, 0.05) is 23.0 Å². The minimum Gasteiger partial charge on any atom is -0.357 e. The van der Waals surface area contributed by atoms with E-state index in [4.69, 9.17) is 5.84 Å². The van der Waals surface area contributed by atoms with Crippen molar-refractivity contribution in [3.8, 4) is 0 Å². The summed E-state index contributed by atoms with van der Waals surface area (Å²) in [4.78, 5) is 29.2. The molecule has 0 aliphatic carbocycles. The zero-order valence-corrected chi connectivity index (χ0v) is 10.8. The van der Waals surface area contributed by atoms with Crippen molar-refractivity contribution in [1.29, 1.82) is 0 Å². The van der Waals surface area contributed by atoms with E-state index in [-0.39, 0.29) is 18.4 Å². The summed E-state index contributed by atoms with van der Waals surface area (Å²) in [6.07, 6.45) is 0.525. The number of aromatic nitrogens is 1. The van der Waals surface area contributed by atoms with Gasteiger partial charge in [-0.1, -0.05) is 18.2 Å². The van der Waals surface area contributed by atoms with Crippen LogP contribution in [0.1, 0.15) is 11.3 Å². The second-order valence-electron chi connectivity index (χ2n) is 5.34. The summed E-state index contributed by atoms with van der Waals surface area (Å²) in [6, 6.07) is 7.52. The van der Waals surface area contributed by atoms with Crippen LogP contribution in [0.15, 0.2) is 24.3 Å². The predicted octanol–water partition coefficient (Wildman–Crippen LogP) is 0.137. The fraction of sp³-hybridized carbons (Fsp3) is 0.286. The van der Waals surface area contributed by atoms with Crippen molar-refractivity contribution in [1.82, 2.24) is 14.9 Å². The number of benzene rings is 1. The number of carbonyl (C=O) groups is 2. The summed E-state index contributed by atoms with van der Waals surface area (Å²) in [5, 5.41) is 2.15. The van der Waals surface area contributed by atoms with Crippen LogP contribution in [-0.4, -0.2) is 39.3 Å². The third-order valence-corrected chi connectivity index (χ3v) is 4.20. The SMILES string of the molecule is NN1CC(=O)N2Cc3[nH]c4ccccc4c3C[C@H]2C1=O. The van der Waals surface area contributed by atoms with Crippen molar-refractivity contribution in [3.63, 3.8) is 0 Å². The molecule has 102 valence electrons. The maximum Gasteiger partial charge on any atom is 0.260 e. The number of fused-ring (bicyclic) bond motifs is 4. The third kappa shape index (κ3) is 1.42. The van der Waals surface area contributed by atoms with Crippen LogP contribution in [0.3, 0.4) is 0 Å². The molecule has 0 radical (unpaired) electrons. The first-order valence-electron chi connectivity index (χ1n) is 6.59. The van der Waals surface area contributed by atoms with Gasteiger partial charge in [-0.3, -0.25) is 14.6 Å². The fourth-order valence-corrected chi connectivity index (χ4v) is 3.20. The summed E-state index contributed by atoms with van der Waals surface area (Å²) in [5.74, 6) is 5.34. The number of carbonyl (C=O) groups excluding carboxylic acids is 2. The molecule has 2 amide bonds. The minimum absolute atomic E-state index is 0.0368. The lowest BCUT2D eigenvalue weighted by Crippen LogP contribution is -2.63. The van der Waals surface area contributed by atoms with Crippen LogP contribution in [0.5, 0.6) is 0 Å². The van der Waals surface area contributed by atoms with Crippen LogP contribution >= 0.6 is 0 Å². The van der Waals surface area contributed by atoms with Crippen LogP contribution in [0.4, 0.5) is 0 Å². The van der Waals surface area contributed by atoms with Gasteiger partial charge in [-0.15, -0.1) is 0 Å². The van der Waals surface area contributed by atoms with Gasteiger partial charge >= 0.3 is 0 Å². The molecule has 20 heavy (non-hydrogen) atoms. The molecule has 2 aromatic rings. The molecular weight excluding hydrogens is 256 g/mol. The molecule has 0 spiro atoms. The van der Waals surface area contributed by atoms with Crippen molar-refractivity contribution in [3.05, 3.63) is 35.5 Å². The van der Waals surface area contributed by atoms with Gasteiger partial charge in [0.1, 0.15) is 12.6 Å². The first-order valence-corrected chi connectivity index (χ1v) is 6.59. The second-order valence-corrected chi connectivity index (χ2v) is 5.34. The molecule has 6 heteroatoms. The van der Waals surface area contributed by atoms with E-state index in [9.17, 15) is 9.59 Å². The molecule has 1 aromatic heterocycles. The summed E-state index contributed by atoms with van der Waals surface area (Å²) < 4.78 is 0. The summed E-state index contributed by atoms with van der Waals surface area (Å²) >= 11 is 0. The molecule has 1 fully saturated rings. The van der Waals surface area contributed by atoms with Gasteiger partial charge in [0.2, 0.25) is 5.91 Å². The fourth-order valence-electron chi connectivity index (χ4n) is 3.20. The number of nitrogens with zero attached hydrogens (tertiary/aromatic N) is 2.